The molecule has 1 saturated carbocycles. The maximum atomic E-state index is 5.84. The molecule has 1 aromatic heterocycles. The maximum Gasteiger partial charge on any atom is 0.284 e. The first kappa shape index (κ1) is 10.2. The molecule has 16 heavy (non-hydrogen) atoms. The number of furan rings is 1. The van der Waals surface area contributed by atoms with E-state index >= 15 is 0 Å². The molecule has 3 nitrogen and oxygen atoms in total. The number of nitrogens with one attached hydrogen (secondary N) is 1. The van der Waals surface area contributed by atoms with E-state index in [-0.39, 0.29) is 0 Å². The minimum absolute atomic E-state index is 0.330. The summed E-state index contributed by atoms with van der Waals surface area (Å²) in [5.41, 5.74) is 0. The topological polar surface area (TPSA) is 34.4 Å². The van der Waals surface area contributed by atoms with Crippen molar-refractivity contribution in [3.63, 3.8) is 0 Å². The smallest absolute Gasteiger partial charge is 0.284 e. The lowest BCUT2D eigenvalue weighted by Gasteiger charge is -2.22. The first-order chi connectivity index (χ1) is 7.83. The predicted molar refractivity (Wildman–Crippen MR) is 61.7 cm³/mol. The van der Waals surface area contributed by atoms with Gasteiger partial charge in [-0.2, -0.15) is 0 Å². The Morgan fingerprint density at radius 3 is 2.75 bits per heavy atom. The summed E-state index contributed by atoms with van der Waals surface area (Å²) in [5.74, 6) is 3.25. The van der Waals surface area contributed by atoms with Gasteiger partial charge in [-0.05, 0) is 44.3 Å². The zero-order valence-electron chi connectivity index (χ0n) is 9.74. The summed E-state index contributed by atoms with van der Waals surface area (Å²) in [4.78, 5) is 0. The molecule has 1 aromatic rings. The van der Waals surface area contributed by atoms with Gasteiger partial charge in [-0.1, -0.05) is 6.92 Å². The van der Waals surface area contributed by atoms with Gasteiger partial charge in [-0.3, -0.25) is 0 Å². The van der Waals surface area contributed by atoms with Crippen LogP contribution in [0, 0.1) is 5.92 Å². The van der Waals surface area contributed by atoms with Crippen molar-refractivity contribution in [2.24, 2.45) is 5.92 Å². The van der Waals surface area contributed by atoms with Crippen molar-refractivity contribution in [2.75, 3.05) is 13.1 Å². The van der Waals surface area contributed by atoms with E-state index < -0.39 is 0 Å². The molecule has 1 aliphatic carbocycles. The van der Waals surface area contributed by atoms with Crippen LogP contribution in [0.4, 0.5) is 0 Å². The molecule has 2 heterocycles. The number of piperidine rings is 1. The van der Waals surface area contributed by atoms with Crippen LogP contribution < -0.4 is 10.1 Å². The average molecular weight is 221 g/mol. The predicted octanol–water partition coefficient (Wildman–Crippen LogP) is 2.53. The Hall–Kier alpha value is -0.960. The molecule has 2 aliphatic rings. The molecule has 0 spiro atoms. The fourth-order valence-electron chi connectivity index (χ4n) is 2.39. The minimum Gasteiger partial charge on any atom is -0.462 e. The Bertz CT molecular complexity index is 355. The molecule has 3 rings (SSSR count). The summed E-state index contributed by atoms with van der Waals surface area (Å²) in [5, 5.41) is 3.33. The van der Waals surface area contributed by atoms with E-state index in [4.69, 9.17) is 9.15 Å². The standard InChI is InChI=1S/C13H19NO2/c1-9-8-11(9)12-2-3-13(16-12)15-10-4-6-14-7-5-10/h2-3,9-11,14H,4-8H2,1H3. The second-order valence-electron chi connectivity index (χ2n) is 5.04. The van der Waals surface area contributed by atoms with Crippen molar-refractivity contribution in [1.82, 2.24) is 5.32 Å². The van der Waals surface area contributed by atoms with Gasteiger partial charge in [0.25, 0.3) is 5.95 Å². The van der Waals surface area contributed by atoms with Crippen LogP contribution in [0.3, 0.4) is 0 Å². The normalized spacial score (nSPS) is 30.3. The first-order valence-corrected chi connectivity index (χ1v) is 6.30. The SMILES string of the molecule is CC1CC1c1ccc(OC2CCNCC2)o1. The summed E-state index contributed by atoms with van der Waals surface area (Å²) < 4.78 is 11.6. The Morgan fingerprint density at radius 1 is 1.31 bits per heavy atom. The van der Waals surface area contributed by atoms with Gasteiger partial charge in [0.15, 0.2) is 0 Å². The highest BCUT2D eigenvalue weighted by Gasteiger charge is 2.36. The number of ether oxygens (including phenoxy) is 1. The van der Waals surface area contributed by atoms with Gasteiger partial charge < -0.3 is 14.5 Å². The van der Waals surface area contributed by atoms with Crippen molar-refractivity contribution >= 4 is 0 Å². The number of hydrogen-bond donors (Lipinski definition) is 1. The number of hydrogen-bond acceptors (Lipinski definition) is 3. The highest BCUT2D eigenvalue weighted by molar-refractivity contribution is 5.20. The van der Waals surface area contributed by atoms with Crippen molar-refractivity contribution in [3.8, 4) is 5.95 Å². The lowest BCUT2D eigenvalue weighted by atomic mass is 10.1. The highest BCUT2D eigenvalue weighted by atomic mass is 16.6. The molecular weight excluding hydrogens is 202 g/mol. The van der Waals surface area contributed by atoms with E-state index in [2.05, 4.69) is 18.3 Å². The van der Waals surface area contributed by atoms with Gasteiger partial charge in [0.05, 0.1) is 0 Å². The van der Waals surface area contributed by atoms with Crippen LogP contribution in [0.15, 0.2) is 16.5 Å². The largest absolute Gasteiger partial charge is 0.462 e. The Balaban J connectivity index is 1.59. The van der Waals surface area contributed by atoms with Crippen LogP contribution in [0.2, 0.25) is 0 Å². The molecule has 0 bridgehead atoms. The third-order valence-corrected chi connectivity index (χ3v) is 3.65. The van der Waals surface area contributed by atoms with Crippen molar-refractivity contribution in [1.29, 1.82) is 0 Å². The van der Waals surface area contributed by atoms with Crippen molar-refractivity contribution in [2.45, 2.75) is 38.2 Å². The second kappa shape index (κ2) is 4.13. The van der Waals surface area contributed by atoms with Gasteiger partial charge in [0.1, 0.15) is 11.9 Å². The highest BCUT2D eigenvalue weighted by Crippen LogP contribution is 2.48. The quantitative estimate of drug-likeness (QED) is 0.851. The van der Waals surface area contributed by atoms with E-state index in [9.17, 15) is 0 Å². The van der Waals surface area contributed by atoms with Crippen LogP contribution in [0.1, 0.15) is 37.9 Å². The van der Waals surface area contributed by atoms with Gasteiger partial charge in [-0.25, -0.2) is 0 Å². The second-order valence-corrected chi connectivity index (χ2v) is 5.04. The molecule has 2 atom stereocenters. The van der Waals surface area contributed by atoms with E-state index in [0.717, 1.165) is 37.6 Å². The van der Waals surface area contributed by atoms with Crippen LogP contribution in [0.25, 0.3) is 0 Å². The summed E-state index contributed by atoms with van der Waals surface area (Å²) in [6, 6.07) is 4.05. The van der Waals surface area contributed by atoms with E-state index in [1.54, 1.807) is 0 Å². The molecule has 0 amide bonds. The number of rotatable bonds is 3. The molecule has 0 aromatic carbocycles. The van der Waals surface area contributed by atoms with Gasteiger partial charge in [0.2, 0.25) is 0 Å². The third-order valence-electron chi connectivity index (χ3n) is 3.65. The fourth-order valence-corrected chi connectivity index (χ4v) is 2.39. The maximum absolute atomic E-state index is 5.84. The molecule has 88 valence electrons. The molecule has 1 aliphatic heterocycles. The lowest BCUT2D eigenvalue weighted by molar-refractivity contribution is 0.124. The van der Waals surface area contributed by atoms with E-state index in [0.29, 0.717) is 18.0 Å². The minimum atomic E-state index is 0.330. The fraction of sp³-hybridized carbons (Fsp3) is 0.692. The Labute approximate surface area is 96.2 Å². The molecule has 2 unspecified atom stereocenters. The van der Waals surface area contributed by atoms with E-state index in [1.807, 2.05) is 6.07 Å². The van der Waals surface area contributed by atoms with Crippen molar-refractivity contribution in [3.05, 3.63) is 17.9 Å². The lowest BCUT2D eigenvalue weighted by Crippen LogP contribution is -2.34. The molecule has 0 radical (unpaired) electrons. The van der Waals surface area contributed by atoms with E-state index in [1.165, 1.54) is 6.42 Å². The molecule has 2 fully saturated rings. The Morgan fingerprint density at radius 2 is 2.06 bits per heavy atom. The molecule has 1 N–H and O–H groups in total. The Kier molecular flexibility index (Phi) is 2.64. The van der Waals surface area contributed by atoms with Crippen LogP contribution in [-0.2, 0) is 0 Å². The summed E-state index contributed by atoms with van der Waals surface area (Å²) in [6.07, 6.45) is 3.75. The third kappa shape index (κ3) is 2.09. The monoisotopic (exact) mass is 221 g/mol. The van der Waals surface area contributed by atoms with Gasteiger partial charge in [-0.15, -0.1) is 0 Å². The summed E-state index contributed by atoms with van der Waals surface area (Å²) >= 11 is 0. The molecule has 3 heteroatoms. The molecule has 1 saturated heterocycles. The molecular formula is C13H19NO2. The summed E-state index contributed by atoms with van der Waals surface area (Å²) in [7, 11) is 0. The van der Waals surface area contributed by atoms with Crippen LogP contribution >= 0.6 is 0 Å². The van der Waals surface area contributed by atoms with Crippen molar-refractivity contribution < 1.29 is 9.15 Å². The van der Waals surface area contributed by atoms with Crippen LogP contribution in [-0.4, -0.2) is 19.2 Å². The van der Waals surface area contributed by atoms with Gasteiger partial charge in [0, 0.05) is 12.0 Å². The zero-order valence-corrected chi connectivity index (χ0v) is 9.74. The first-order valence-electron chi connectivity index (χ1n) is 6.30. The van der Waals surface area contributed by atoms with Gasteiger partial charge >= 0.3 is 0 Å². The zero-order chi connectivity index (χ0) is 11.0. The van der Waals surface area contributed by atoms with Crippen LogP contribution in [0.5, 0.6) is 5.95 Å². The summed E-state index contributed by atoms with van der Waals surface area (Å²) in [6.45, 7) is 4.37. The average Bonchev–Trinajstić information content (AvgIpc) is 2.86.